The summed E-state index contributed by atoms with van der Waals surface area (Å²) in [5.41, 5.74) is 2.93. The highest BCUT2D eigenvalue weighted by molar-refractivity contribution is 7.98. The van der Waals surface area contributed by atoms with E-state index in [4.69, 9.17) is 0 Å². The van der Waals surface area contributed by atoms with E-state index in [0.29, 0.717) is 16.0 Å². The largest absolute Gasteiger partial charge is 0.274 e. The minimum atomic E-state index is -0.0426. The summed E-state index contributed by atoms with van der Waals surface area (Å²) in [5.74, 6) is 1.41. The van der Waals surface area contributed by atoms with Crippen LogP contribution in [-0.4, -0.2) is 26.1 Å². The highest BCUT2D eigenvalue weighted by Gasteiger charge is 2.20. The van der Waals surface area contributed by atoms with Crippen LogP contribution in [0.4, 0.5) is 10.8 Å². The first kappa shape index (κ1) is 17.6. The zero-order chi connectivity index (χ0) is 17.8. The number of para-hydroxylation sites is 1. The summed E-state index contributed by atoms with van der Waals surface area (Å²) in [6.45, 7) is 5.52. The van der Waals surface area contributed by atoms with Crippen LogP contribution < -0.4 is 4.90 Å². The molecule has 0 saturated heterocycles. The lowest BCUT2D eigenvalue weighted by atomic mass is 10.1. The van der Waals surface area contributed by atoms with Crippen molar-refractivity contribution in [1.29, 1.82) is 0 Å². The van der Waals surface area contributed by atoms with Gasteiger partial charge in [0.05, 0.1) is 11.4 Å². The molecular formula is C17H19N5OS2. The first-order valence-electron chi connectivity index (χ1n) is 7.93. The number of anilines is 2. The van der Waals surface area contributed by atoms with Crippen LogP contribution in [0.1, 0.15) is 30.9 Å². The molecule has 1 aromatic carbocycles. The molecule has 0 unspecified atom stereocenters. The maximum Gasteiger partial charge on any atom is 0.230 e. The first-order valence-corrected chi connectivity index (χ1v) is 9.79. The highest BCUT2D eigenvalue weighted by atomic mass is 32.2. The Labute approximate surface area is 154 Å². The third kappa shape index (κ3) is 4.08. The van der Waals surface area contributed by atoms with Gasteiger partial charge in [-0.25, -0.2) is 9.97 Å². The maximum atomic E-state index is 12.3. The molecule has 1 N–H and O–H groups in total. The number of aromatic amines is 1. The Morgan fingerprint density at radius 1 is 1.32 bits per heavy atom. The summed E-state index contributed by atoms with van der Waals surface area (Å²) in [6, 6.07) is 7.94. The molecule has 0 aliphatic heterocycles. The number of nitrogens with zero attached hydrogens (tertiary/aromatic N) is 4. The number of carbonyl (C=O) groups excluding carboxylic acids is 1. The van der Waals surface area contributed by atoms with Gasteiger partial charge in [0.25, 0.3) is 0 Å². The van der Waals surface area contributed by atoms with Gasteiger partial charge in [0, 0.05) is 18.1 Å². The minimum absolute atomic E-state index is 0.0426. The molecule has 0 radical (unpaired) electrons. The molecule has 2 aromatic heterocycles. The van der Waals surface area contributed by atoms with Gasteiger partial charge in [0.15, 0.2) is 5.13 Å². The van der Waals surface area contributed by atoms with Crippen molar-refractivity contribution >= 4 is 39.8 Å². The van der Waals surface area contributed by atoms with E-state index in [2.05, 4.69) is 27.1 Å². The van der Waals surface area contributed by atoms with Gasteiger partial charge in [0.1, 0.15) is 5.82 Å². The van der Waals surface area contributed by atoms with Gasteiger partial charge in [-0.2, -0.15) is 0 Å². The van der Waals surface area contributed by atoms with Gasteiger partial charge in [0.2, 0.25) is 11.1 Å². The third-order valence-electron chi connectivity index (χ3n) is 3.59. The number of benzene rings is 1. The Morgan fingerprint density at radius 3 is 2.80 bits per heavy atom. The molecule has 0 aliphatic rings. The zero-order valence-corrected chi connectivity index (χ0v) is 15.9. The molecule has 130 valence electrons. The molecule has 0 aliphatic carbocycles. The quantitative estimate of drug-likeness (QED) is 0.658. The number of carbonyl (C=O) groups is 1. The van der Waals surface area contributed by atoms with Crippen molar-refractivity contribution in [2.24, 2.45) is 0 Å². The summed E-state index contributed by atoms with van der Waals surface area (Å²) >= 11 is 2.99. The fourth-order valence-electron chi connectivity index (χ4n) is 2.43. The van der Waals surface area contributed by atoms with Crippen molar-refractivity contribution in [2.75, 3.05) is 4.90 Å². The molecule has 1 amide bonds. The average Bonchev–Trinajstić information content (AvgIpc) is 3.22. The monoisotopic (exact) mass is 373 g/mol. The predicted octanol–water partition coefficient (Wildman–Crippen LogP) is 4.11. The van der Waals surface area contributed by atoms with E-state index >= 15 is 0 Å². The zero-order valence-electron chi connectivity index (χ0n) is 14.3. The lowest BCUT2D eigenvalue weighted by Gasteiger charge is -2.20. The van der Waals surface area contributed by atoms with E-state index in [9.17, 15) is 4.79 Å². The van der Waals surface area contributed by atoms with E-state index in [1.165, 1.54) is 23.1 Å². The van der Waals surface area contributed by atoms with E-state index in [0.717, 1.165) is 29.2 Å². The number of amides is 1. The van der Waals surface area contributed by atoms with Gasteiger partial charge in [-0.05, 0) is 25.0 Å². The Kier molecular flexibility index (Phi) is 5.50. The van der Waals surface area contributed by atoms with Crippen LogP contribution in [0.5, 0.6) is 0 Å². The van der Waals surface area contributed by atoms with Crippen LogP contribution in [0.2, 0.25) is 0 Å². The third-order valence-corrected chi connectivity index (χ3v) is 5.34. The highest BCUT2D eigenvalue weighted by Crippen LogP contribution is 2.32. The van der Waals surface area contributed by atoms with Crippen LogP contribution >= 0.6 is 23.1 Å². The predicted molar refractivity (Wildman–Crippen MR) is 101 cm³/mol. The number of H-pyrrole nitrogens is 1. The smallest absolute Gasteiger partial charge is 0.230 e. The van der Waals surface area contributed by atoms with Crippen LogP contribution in [-0.2, 0) is 17.0 Å². The Hall–Kier alpha value is -2.19. The fourth-order valence-corrected chi connectivity index (χ4v) is 4.15. The minimum Gasteiger partial charge on any atom is -0.274 e. The Bertz CT molecular complexity index is 873. The van der Waals surface area contributed by atoms with Gasteiger partial charge in [-0.3, -0.25) is 14.8 Å². The van der Waals surface area contributed by atoms with Gasteiger partial charge in [-0.15, -0.1) is 16.4 Å². The van der Waals surface area contributed by atoms with Gasteiger partial charge in [-0.1, -0.05) is 36.9 Å². The van der Waals surface area contributed by atoms with Crippen LogP contribution in [0.15, 0.2) is 34.8 Å². The number of aromatic nitrogens is 4. The Balaban J connectivity index is 1.81. The molecule has 2 heterocycles. The Morgan fingerprint density at radius 2 is 2.12 bits per heavy atom. The second-order valence-corrected chi connectivity index (χ2v) is 7.23. The van der Waals surface area contributed by atoms with Crippen LogP contribution in [0, 0.1) is 6.92 Å². The topological polar surface area (TPSA) is 74.8 Å². The number of hydrogen-bond donors (Lipinski definition) is 1. The molecule has 8 heteroatoms. The molecule has 0 atom stereocenters. The SMILES string of the molecule is CCc1ccccc1N(C(C)=O)c1nc(CSc2n[nH]c(C)n2)cs1. The maximum absolute atomic E-state index is 12.3. The van der Waals surface area contributed by atoms with E-state index in [1.807, 2.05) is 36.6 Å². The summed E-state index contributed by atoms with van der Waals surface area (Å²) in [6.07, 6.45) is 0.859. The molecule has 3 aromatic rings. The summed E-state index contributed by atoms with van der Waals surface area (Å²) in [4.78, 5) is 22.9. The number of rotatable bonds is 6. The van der Waals surface area contributed by atoms with Crippen molar-refractivity contribution < 1.29 is 4.79 Å². The second-order valence-electron chi connectivity index (χ2n) is 5.45. The van der Waals surface area contributed by atoms with Crippen LogP contribution in [0.25, 0.3) is 0 Å². The standard InChI is InChI=1S/C17H19N5OS2/c1-4-13-7-5-6-8-15(13)22(12(3)23)17-19-14(10-25-17)9-24-16-18-11(2)20-21-16/h5-8,10H,4,9H2,1-3H3,(H,18,20,21). The molecule has 25 heavy (non-hydrogen) atoms. The molecule has 0 saturated carbocycles. The number of thioether (sulfide) groups is 1. The average molecular weight is 374 g/mol. The van der Waals surface area contributed by atoms with Crippen molar-refractivity contribution in [3.63, 3.8) is 0 Å². The molecule has 0 bridgehead atoms. The fraction of sp³-hybridized carbons (Fsp3) is 0.294. The number of thiazole rings is 1. The van der Waals surface area contributed by atoms with Gasteiger partial charge >= 0.3 is 0 Å². The number of hydrogen-bond acceptors (Lipinski definition) is 6. The first-order chi connectivity index (χ1) is 12.1. The van der Waals surface area contributed by atoms with Crippen molar-refractivity contribution in [1.82, 2.24) is 20.2 Å². The van der Waals surface area contributed by atoms with E-state index in [1.54, 1.807) is 11.8 Å². The molecule has 0 fully saturated rings. The lowest BCUT2D eigenvalue weighted by Crippen LogP contribution is -2.23. The summed E-state index contributed by atoms with van der Waals surface area (Å²) < 4.78 is 0. The summed E-state index contributed by atoms with van der Waals surface area (Å²) in [5, 5.41) is 10.3. The molecule has 3 rings (SSSR count). The van der Waals surface area contributed by atoms with Gasteiger partial charge < -0.3 is 0 Å². The number of nitrogens with one attached hydrogen (secondary N) is 1. The second kappa shape index (κ2) is 7.79. The molecule has 0 spiro atoms. The summed E-state index contributed by atoms with van der Waals surface area (Å²) in [7, 11) is 0. The van der Waals surface area contributed by atoms with E-state index in [-0.39, 0.29) is 5.91 Å². The normalized spacial score (nSPS) is 10.8. The van der Waals surface area contributed by atoms with Crippen molar-refractivity contribution in [3.8, 4) is 0 Å². The van der Waals surface area contributed by atoms with Crippen molar-refractivity contribution in [3.05, 3.63) is 46.7 Å². The van der Waals surface area contributed by atoms with Crippen LogP contribution in [0.3, 0.4) is 0 Å². The molecular weight excluding hydrogens is 354 g/mol. The lowest BCUT2D eigenvalue weighted by molar-refractivity contribution is -0.115. The van der Waals surface area contributed by atoms with Crippen molar-refractivity contribution in [2.45, 2.75) is 38.1 Å². The van der Waals surface area contributed by atoms with E-state index < -0.39 is 0 Å². The molecule has 6 nitrogen and oxygen atoms in total. The number of aryl methyl sites for hydroxylation is 2.